The van der Waals surface area contributed by atoms with Crippen LogP contribution in [0, 0.1) is 0 Å². The first-order chi connectivity index (χ1) is 14.6. The molecular weight excluding hydrogens is 416 g/mol. The van der Waals surface area contributed by atoms with Crippen LogP contribution in [0.15, 0.2) is 64.9 Å². The Bertz CT molecular complexity index is 997. The Kier molecular flexibility index (Phi) is 8.35. The number of phenols is 1. The molecule has 2 rings (SSSR count). The highest BCUT2D eigenvalue weighted by Gasteiger charge is 2.26. The molecule has 2 atom stereocenters. The summed E-state index contributed by atoms with van der Waals surface area (Å²) >= 11 is 1.12. The van der Waals surface area contributed by atoms with Crippen LogP contribution in [0.5, 0.6) is 5.75 Å². The molecule has 0 saturated carbocycles. The third-order valence-electron chi connectivity index (χ3n) is 4.63. The van der Waals surface area contributed by atoms with Crippen molar-refractivity contribution in [2.45, 2.75) is 38.2 Å². The van der Waals surface area contributed by atoms with Crippen molar-refractivity contribution in [1.82, 2.24) is 10.4 Å². The number of aromatic hydroxyl groups is 1. The average molecular weight is 443 g/mol. The van der Waals surface area contributed by atoms with Gasteiger partial charge in [-0.1, -0.05) is 24.3 Å². The van der Waals surface area contributed by atoms with Gasteiger partial charge in [-0.2, -0.15) is 5.10 Å². The van der Waals surface area contributed by atoms with E-state index in [2.05, 4.69) is 10.5 Å². The fraction of sp³-hybridized carbons (Fsp3) is 0.273. The summed E-state index contributed by atoms with van der Waals surface area (Å²) in [7, 11) is 0. The molecule has 0 aromatic heterocycles. The number of para-hydroxylation sites is 1. The Morgan fingerprint density at radius 3 is 2.42 bits per heavy atom. The summed E-state index contributed by atoms with van der Waals surface area (Å²) < 4.78 is 0. The van der Waals surface area contributed by atoms with Crippen molar-refractivity contribution in [3.05, 3.63) is 65.4 Å². The lowest BCUT2D eigenvalue weighted by Gasteiger charge is -2.24. The first-order valence-electron chi connectivity index (χ1n) is 9.60. The number of hydrazone groups is 1. The minimum Gasteiger partial charge on any atom is -0.507 e. The number of carbonyl (C=O) groups excluding carboxylic acids is 3. The van der Waals surface area contributed by atoms with E-state index < -0.39 is 22.3 Å². The monoisotopic (exact) mass is 442 g/mol. The van der Waals surface area contributed by atoms with E-state index in [4.69, 9.17) is 5.84 Å². The van der Waals surface area contributed by atoms with Crippen molar-refractivity contribution in [2.75, 3.05) is 0 Å². The number of hydrogen-bond donors (Lipinski definition) is 3. The second-order valence-corrected chi connectivity index (χ2v) is 8.59. The number of thioether (sulfide) groups is 1. The Balaban J connectivity index is 1.98. The zero-order chi connectivity index (χ0) is 23.1. The van der Waals surface area contributed by atoms with Gasteiger partial charge in [0.1, 0.15) is 5.75 Å². The molecule has 1 aromatic rings. The SMILES string of the molecule is CC(=NNC(=O)C(C)SC(C)C(=O)N(N)C(C)=C1C=CC=CC1=O)c1ccccc1O. The van der Waals surface area contributed by atoms with Crippen molar-refractivity contribution < 1.29 is 19.5 Å². The van der Waals surface area contributed by atoms with E-state index in [-0.39, 0.29) is 11.5 Å². The van der Waals surface area contributed by atoms with Crippen LogP contribution >= 0.6 is 11.8 Å². The van der Waals surface area contributed by atoms with Gasteiger partial charge >= 0.3 is 0 Å². The van der Waals surface area contributed by atoms with E-state index in [1.54, 1.807) is 64.1 Å². The number of allylic oxidation sites excluding steroid dienone is 6. The molecule has 9 heteroatoms. The minimum atomic E-state index is -0.636. The molecule has 0 spiro atoms. The molecule has 0 aliphatic heterocycles. The van der Waals surface area contributed by atoms with Crippen LogP contribution in [0.2, 0.25) is 0 Å². The number of nitrogens with two attached hydrogens (primary N) is 1. The average Bonchev–Trinajstić information content (AvgIpc) is 2.76. The third-order valence-corrected chi connectivity index (χ3v) is 5.86. The highest BCUT2D eigenvalue weighted by molar-refractivity contribution is 8.01. The van der Waals surface area contributed by atoms with Gasteiger partial charge in [-0.15, -0.1) is 11.8 Å². The maximum absolute atomic E-state index is 12.7. The summed E-state index contributed by atoms with van der Waals surface area (Å²) in [6.07, 6.45) is 6.31. The zero-order valence-electron chi connectivity index (χ0n) is 17.8. The number of benzene rings is 1. The number of phenolic OH excluding ortho intramolecular Hbond substituents is 1. The van der Waals surface area contributed by atoms with Crippen LogP contribution in [0.4, 0.5) is 0 Å². The summed E-state index contributed by atoms with van der Waals surface area (Å²) in [5, 5.41) is 13.6. The molecule has 164 valence electrons. The van der Waals surface area contributed by atoms with Gasteiger partial charge in [-0.25, -0.2) is 11.3 Å². The van der Waals surface area contributed by atoms with Crippen LogP contribution in [0.3, 0.4) is 0 Å². The number of rotatable bonds is 7. The van der Waals surface area contributed by atoms with Crippen molar-refractivity contribution in [1.29, 1.82) is 0 Å². The van der Waals surface area contributed by atoms with Crippen LogP contribution in [0.25, 0.3) is 0 Å². The first kappa shape index (κ1) is 24.1. The molecule has 1 aliphatic carbocycles. The fourth-order valence-corrected chi connectivity index (χ4v) is 3.77. The van der Waals surface area contributed by atoms with Crippen molar-refractivity contribution in [2.24, 2.45) is 10.9 Å². The Labute approximate surface area is 185 Å². The molecule has 8 nitrogen and oxygen atoms in total. The number of hydrogen-bond acceptors (Lipinski definition) is 7. The highest BCUT2D eigenvalue weighted by Crippen LogP contribution is 2.22. The normalized spacial score (nSPS) is 17.2. The van der Waals surface area contributed by atoms with Gasteiger partial charge in [0.25, 0.3) is 11.8 Å². The number of nitrogens with one attached hydrogen (secondary N) is 1. The third kappa shape index (κ3) is 6.16. The molecule has 0 radical (unpaired) electrons. The number of amides is 2. The second kappa shape index (κ2) is 10.7. The van der Waals surface area contributed by atoms with Gasteiger partial charge < -0.3 is 5.11 Å². The highest BCUT2D eigenvalue weighted by atomic mass is 32.2. The quantitative estimate of drug-likeness (QED) is 0.196. The van der Waals surface area contributed by atoms with E-state index in [0.29, 0.717) is 22.5 Å². The van der Waals surface area contributed by atoms with Gasteiger partial charge in [-0.3, -0.25) is 19.4 Å². The van der Waals surface area contributed by atoms with Gasteiger partial charge in [0.2, 0.25) is 0 Å². The van der Waals surface area contributed by atoms with Crippen molar-refractivity contribution in [3.8, 4) is 5.75 Å². The largest absolute Gasteiger partial charge is 0.507 e. The fourth-order valence-electron chi connectivity index (χ4n) is 2.75. The molecule has 0 fully saturated rings. The lowest BCUT2D eigenvalue weighted by atomic mass is 10.0. The molecular formula is C22H26N4O4S. The van der Waals surface area contributed by atoms with Crippen LogP contribution in [-0.2, 0) is 14.4 Å². The van der Waals surface area contributed by atoms with E-state index >= 15 is 0 Å². The van der Waals surface area contributed by atoms with E-state index in [1.807, 2.05) is 0 Å². The molecule has 4 N–H and O–H groups in total. The molecule has 0 bridgehead atoms. The summed E-state index contributed by atoms with van der Waals surface area (Å²) in [4.78, 5) is 37.0. The predicted molar refractivity (Wildman–Crippen MR) is 122 cm³/mol. The topological polar surface area (TPSA) is 125 Å². The summed E-state index contributed by atoms with van der Waals surface area (Å²) in [5.74, 6) is 4.95. The smallest absolute Gasteiger partial charge is 0.253 e. The van der Waals surface area contributed by atoms with E-state index in [0.717, 1.165) is 16.8 Å². The second-order valence-electron chi connectivity index (χ2n) is 6.90. The molecule has 1 aromatic carbocycles. The lowest BCUT2D eigenvalue weighted by molar-refractivity contribution is -0.128. The standard InChI is InChI=1S/C22H26N4O4S/c1-13(17-9-5-7-11-19(17)27)24-25-21(29)15(3)31-16(4)22(30)26(23)14(2)18-10-6-8-12-20(18)28/h5-12,15-16,27H,23H2,1-4H3,(H,25,29). The molecule has 2 unspecified atom stereocenters. The molecule has 2 amide bonds. The van der Waals surface area contributed by atoms with Gasteiger partial charge in [0, 0.05) is 16.8 Å². The number of ketones is 1. The maximum atomic E-state index is 12.7. The number of hydrazine groups is 1. The Morgan fingerprint density at radius 2 is 1.77 bits per heavy atom. The number of nitrogens with zero attached hydrogens (tertiary/aromatic N) is 2. The summed E-state index contributed by atoms with van der Waals surface area (Å²) in [6.45, 7) is 6.55. The van der Waals surface area contributed by atoms with Gasteiger partial charge in [0.15, 0.2) is 5.78 Å². The van der Waals surface area contributed by atoms with Crippen molar-refractivity contribution in [3.63, 3.8) is 0 Å². The summed E-state index contributed by atoms with van der Waals surface area (Å²) in [6, 6.07) is 6.67. The van der Waals surface area contributed by atoms with Gasteiger partial charge in [-0.05, 0) is 52.0 Å². The lowest BCUT2D eigenvalue weighted by Crippen LogP contribution is -2.42. The predicted octanol–water partition coefficient (Wildman–Crippen LogP) is 2.41. The van der Waals surface area contributed by atoms with Crippen LogP contribution in [-0.4, -0.2) is 43.9 Å². The first-order valence-corrected chi connectivity index (χ1v) is 10.5. The zero-order valence-corrected chi connectivity index (χ0v) is 18.6. The van der Waals surface area contributed by atoms with Crippen molar-refractivity contribution >= 4 is 35.1 Å². The maximum Gasteiger partial charge on any atom is 0.253 e. The van der Waals surface area contributed by atoms with Gasteiger partial charge in [0.05, 0.1) is 16.2 Å². The van der Waals surface area contributed by atoms with E-state index in [9.17, 15) is 19.5 Å². The molecule has 0 heterocycles. The minimum absolute atomic E-state index is 0.0638. The Hall–Kier alpha value is -3.17. The Morgan fingerprint density at radius 1 is 1.13 bits per heavy atom. The summed E-state index contributed by atoms with van der Waals surface area (Å²) in [5.41, 5.74) is 4.09. The molecule has 31 heavy (non-hydrogen) atoms. The van der Waals surface area contributed by atoms with E-state index in [1.165, 1.54) is 12.1 Å². The number of carbonyl (C=O) groups is 3. The molecule has 1 aliphatic rings. The van der Waals surface area contributed by atoms with Crippen LogP contribution in [0.1, 0.15) is 33.3 Å². The molecule has 0 saturated heterocycles. The van der Waals surface area contributed by atoms with Crippen LogP contribution < -0.4 is 11.3 Å².